The Hall–Kier alpha value is -3.75. The molecule has 0 saturated heterocycles. The number of methoxy groups -OCH3 is 1. The van der Waals surface area contributed by atoms with Crippen LogP contribution < -0.4 is 5.32 Å². The van der Waals surface area contributed by atoms with E-state index in [1.807, 2.05) is 33.8 Å². The van der Waals surface area contributed by atoms with E-state index < -0.39 is 17.5 Å². The average Bonchev–Trinajstić information content (AvgIpc) is 3.42. The third-order valence-corrected chi connectivity index (χ3v) is 5.14. The van der Waals surface area contributed by atoms with E-state index in [2.05, 4.69) is 35.9 Å². The molecule has 0 fully saturated rings. The Bertz CT molecular complexity index is 1090. The molecule has 1 aromatic heterocycles. The first-order valence-electron chi connectivity index (χ1n) is 11.6. The number of aliphatic imine (C=N–C) groups is 1. The van der Waals surface area contributed by atoms with Crippen molar-refractivity contribution in [1.82, 2.24) is 15.2 Å². The molecule has 0 bridgehead atoms. The Morgan fingerprint density at radius 3 is 2.50 bits per heavy atom. The van der Waals surface area contributed by atoms with Gasteiger partial charge in [-0.1, -0.05) is 33.8 Å². The van der Waals surface area contributed by atoms with Gasteiger partial charge >= 0.3 is 5.91 Å². The molecular weight excluding hydrogens is 466 g/mol. The van der Waals surface area contributed by atoms with Gasteiger partial charge in [0, 0.05) is 24.0 Å². The lowest BCUT2D eigenvalue weighted by Crippen LogP contribution is -2.31. The van der Waals surface area contributed by atoms with Crippen molar-refractivity contribution >= 4 is 18.2 Å². The summed E-state index contributed by atoms with van der Waals surface area (Å²) in [6.45, 7) is 15.7. The minimum absolute atomic E-state index is 0.0444. The number of carbonyl (C=O) groups is 1. The number of ether oxygens (including phenoxy) is 1. The fraction of sp³-hybridized carbons (Fsp3) is 0.370. The first-order valence-corrected chi connectivity index (χ1v) is 11.6. The second-order valence-electron chi connectivity index (χ2n) is 7.91. The summed E-state index contributed by atoms with van der Waals surface area (Å²) in [5, 5.41) is 3.36. The second kappa shape index (κ2) is 15.3. The van der Waals surface area contributed by atoms with Crippen LogP contribution in [0.15, 0.2) is 69.4 Å². The predicted octanol–water partition coefficient (Wildman–Crippen LogP) is 6.08. The molecule has 1 aromatic carbocycles. The van der Waals surface area contributed by atoms with Crippen LogP contribution >= 0.6 is 0 Å². The maximum Gasteiger partial charge on any atom is 0.312 e. The second-order valence-corrected chi connectivity index (χ2v) is 7.91. The average molecular weight is 503 g/mol. The Morgan fingerprint density at radius 2 is 1.97 bits per heavy atom. The van der Waals surface area contributed by atoms with E-state index >= 15 is 0 Å². The van der Waals surface area contributed by atoms with Crippen molar-refractivity contribution < 1.29 is 22.7 Å². The van der Waals surface area contributed by atoms with Crippen LogP contribution in [-0.4, -0.2) is 36.3 Å². The summed E-state index contributed by atoms with van der Waals surface area (Å²) in [6, 6.07) is 3.64. The van der Waals surface area contributed by atoms with Crippen molar-refractivity contribution in [3.05, 3.63) is 83.1 Å². The van der Waals surface area contributed by atoms with Gasteiger partial charge in [0.2, 0.25) is 11.6 Å². The van der Waals surface area contributed by atoms with Crippen molar-refractivity contribution in [1.29, 1.82) is 0 Å². The smallest absolute Gasteiger partial charge is 0.312 e. The highest BCUT2D eigenvalue weighted by atomic mass is 19.2. The lowest BCUT2D eigenvalue weighted by molar-refractivity contribution is -0.117. The van der Waals surface area contributed by atoms with Crippen LogP contribution in [0.25, 0.3) is 5.57 Å². The highest BCUT2D eigenvalue weighted by Crippen LogP contribution is 2.19. The number of carbonyl (C=O) groups excluding carboxylic acids is 1. The van der Waals surface area contributed by atoms with Gasteiger partial charge in [-0.25, -0.2) is 18.8 Å². The first-order chi connectivity index (χ1) is 17.2. The molecular formula is C27H36F2N4O3. The molecule has 7 nitrogen and oxygen atoms in total. The molecule has 2 aromatic rings. The molecule has 0 aliphatic heterocycles. The fourth-order valence-electron chi connectivity index (χ4n) is 2.96. The standard InChI is InChI=1S/C25H30F2N4O3.C2H6/c1-16(2)18(4)22(11-17(3)25-29-9-10-34-25)30-15-31(14-23(33-6)24(32)28-5)13-19-7-8-20(26)21(27)12-19;1-2/h7-12,14,16,30H,5,13,15H2,1-4,6H3;1-2H3/b17-11+,22-18+,23-14+;. The van der Waals surface area contributed by atoms with Crippen LogP contribution in [0.5, 0.6) is 0 Å². The van der Waals surface area contributed by atoms with Gasteiger partial charge in [-0.15, -0.1) is 0 Å². The number of nitrogens with one attached hydrogen (secondary N) is 1. The lowest BCUT2D eigenvalue weighted by atomic mass is 10.0. The minimum Gasteiger partial charge on any atom is -0.490 e. The summed E-state index contributed by atoms with van der Waals surface area (Å²) in [7, 11) is 1.34. The van der Waals surface area contributed by atoms with Crippen LogP contribution in [0.3, 0.4) is 0 Å². The zero-order valence-corrected chi connectivity index (χ0v) is 22.1. The summed E-state index contributed by atoms with van der Waals surface area (Å²) in [5.41, 5.74) is 3.24. The molecule has 0 aliphatic carbocycles. The maximum atomic E-state index is 13.8. The molecule has 1 amide bonds. The van der Waals surface area contributed by atoms with Crippen LogP contribution in [-0.2, 0) is 16.1 Å². The van der Waals surface area contributed by atoms with E-state index in [-0.39, 0.29) is 24.9 Å². The van der Waals surface area contributed by atoms with Crippen molar-refractivity contribution in [3.63, 3.8) is 0 Å². The monoisotopic (exact) mass is 502 g/mol. The molecule has 0 spiro atoms. The van der Waals surface area contributed by atoms with Crippen molar-refractivity contribution in [3.8, 4) is 0 Å². The summed E-state index contributed by atoms with van der Waals surface area (Å²) in [5.74, 6) is -1.84. The molecule has 1 N–H and O–H groups in total. The van der Waals surface area contributed by atoms with E-state index in [9.17, 15) is 13.6 Å². The third-order valence-electron chi connectivity index (χ3n) is 5.14. The van der Waals surface area contributed by atoms with E-state index in [1.165, 1.54) is 25.6 Å². The zero-order chi connectivity index (χ0) is 27.3. The van der Waals surface area contributed by atoms with Crippen LogP contribution in [0.1, 0.15) is 53.0 Å². The molecule has 9 heteroatoms. The number of halogens is 2. The normalized spacial score (nSPS) is 12.4. The van der Waals surface area contributed by atoms with Crippen molar-refractivity contribution in [2.24, 2.45) is 10.9 Å². The molecule has 196 valence electrons. The number of allylic oxidation sites excluding steroid dienone is 3. The number of benzene rings is 1. The Morgan fingerprint density at radius 1 is 1.28 bits per heavy atom. The number of hydrogen-bond acceptors (Lipinski definition) is 6. The van der Waals surface area contributed by atoms with E-state index in [4.69, 9.17) is 9.15 Å². The predicted molar refractivity (Wildman–Crippen MR) is 139 cm³/mol. The summed E-state index contributed by atoms with van der Waals surface area (Å²) < 4.78 is 37.7. The molecule has 2 rings (SSSR count). The number of nitrogens with zero attached hydrogens (tertiary/aromatic N) is 3. The highest BCUT2D eigenvalue weighted by Gasteiger charge is 2.14. The van der Waals surface area contributed by atoms with Gasteiger partial charge in [0.15, 0.2) is 11.6 Å². The number of amides is 1. The summed E-state index contributed by atoms with van der Waals surface area (Å²) in [4.78, 5) is 21.3. The highest BCUT2D eigenvalue weighted by molar-refractivity contribution is 5.94. The lowest BCUT2D eigenvalue weighted by Gasteiger charge is -2.24. The third kappa shape index (κ3) is 9.13. The molecule has 0 unspecified atom stereocenters. The van der Waals surface area contributed by atoms with Crippen molar-refractivity contribution in [2.45, 2.75) is 48.1 Å². The van der Waals surface area contributed by atoms with Crippen LogP contribution in [0, 0.1) is 17.6 Å². The quantitative estimate of drug-likeness (QED) is 0.132. The Labute approximate surface area is 212 Å². The van der Waals surface area contributed by atoms with Gasteiger partial charge in [0.25, 0.3) is 0 Å². The van der Waals surface area contributed by atoms with Gasteiger partial charge in [0.1, 0.15) is 6.26 Å². The topological polar surface area (TPSA) is 80.0 Å². The molecule has 1 heterocycles. The van der Waals surface area contributed by atoms with Gasteiger partial charge in [0.05, 0.1) is 20.0 Å². The molecule has 0 atom stereocenters. The van der Waals surface area contributed by atoms with Crippen LogP contribution in [0.4, 0.5) is 8.78 Å². The maximum absolute atomic E-state index is 13.8. The summed E-state index contributed by atoms with van der Waals surface area (Å²) in [6.07, 6.45) is 6.46. The van der Waals surface area contributed by atoms with E-state index in [0.29, 0.717) is 11.5 Å². The number of hydrogen-bond donors (Lipinski definition) is 1. The summed E-state index contributed by atoms with van der Waals surface area (Å²) >= 11 is 0. The van der Waals surface area contributed by atoms with E-state index in [0.717, 1.165) is 29.0 Å². The largest absolute Gasteiger partial charge is 0.490 e. The SMILES string of the molecule is C=NC(=O)/C(=C\N(CNC(/C=C(\C)c1ncco1)=C(\C)C(C)C)Cc1ccc(F)c(F)c1)OC.CC. The van der Waals surface area contributed by atoms with Crippen molar-refractivity contribution in [2.75, 3.05) is 13.8 Å². The van der Waals surface area contributed by atoms with Gasteiger partial charge in [-0.05, 0) is 55.8 Å². The Balaban J connectivity index is 0.00000316. The van der Waals surface area contributed by atoms with Gasteiger partial charge in [-0.2, -0.15) is 0 Å². The number of oxazole rings is 1. The van der Waals surface area contributed by atoms with E-state index in [1.54, 1.807) is 11.1 Å². The molecule has 36 heavy (non-hydrogen) atoms. The fourth-order valence-corrected chi connectivity index (χ4v) is 2.96. The number of aromatic nitrogens is 1. The Kier molecular flexibility index (Phi) is 12.9. The zero-order valence-electron chi connectivity index (χ0n) is 22.1. The van der Waals surface area contributed by atoms with Gasteiger partial charge < -0.3 is 19.4 Å². The first kappa shape index (κ1) is 30.3. The van der Waals surface area contributed by atoms with Crippen LogP contribution in [0.2, 0.25) is 0 Å². The minimum atomic E-state index is -0.953. The molecule has 0 saturated carbocycles. The van der Waals surface area contributed by atoms with Gasteiger partial charge in [-0.3, -0.25) is 4.79 Å². The number of rotatable bonds is 11. The molecule has 0 radical (unpaired) electrons. The molecule has 0 aliphatic rings.